The Bertz CT molecular complexity index is 1020. The van der Waals surface area contributed by atoms with Gasteiger partial charge in [0.2, 0.25) is 0 Å². The van der Waals surface area contributed by atoms with E-state index in [2.05, 4.69) is 25.9 Å². The molecule has 0 saturated heterocycles. The third-order valence-electron chi connectivity index (χ3n) is 4.36. The van der Waals surface area contributed by atoms with Crippen molar-refractivity contribution in [2.24, 2.45) is 4.99 Å². The molecule has 0 unspecified atom stereocenters. The molecule has 28 heavy (non-hydrogen) atoms. The summed E-state index contributed by atoms with van der Waals surface area (Å²) in [6.07, 6.45) is 3.50. The van der Waals surface area contributed by atoms with Crippen molar-refractivity contribution >= 4 is 17.3 Å². The highest BCUT2D eigenvalue weighted by Crippen LogP contribution is 2.28. The van der Waals surface area contributed by atoms with Gasteiger partial charge in [0.25, 0.3) is 0 Å². The third-order valence-corrected chi connectivity index (χ3v) is 4.36. The molecule has 0 fully saturated rings. The van der Waals surface area contributed by atoms with Crippen molar-refractivity contribution in [3.05, 3.63) is 53.6 Å². The van der Waals surface area contributed by atoms with Crippen LogP contribution in [0, 0.1) is 5.82 Å². The Morgan fingerprint density at radius 3 is 3.07 bits per heavy atom. The largest absolute Gasteiger partial charge is 0.494 e. The van der Waals surface area contributed by atoms with Gasteiger partial charge < -0.3 is 10.1 Å². The lowest BCUT2D eigenvalue weighted by atomic mass is 10.1. The molecule has 2 N–H and O–H groups in total. The smallest absolute Gasteiger partial charge is 0.168 e. The molecular formula is C19H21FN6O2. The molecule has 0 saturated carbocycles. The van der Waals surface area contributed by atoms with E-state index in [0.717, 1.165) is 11.1 Å². The Balaban J connectivity index is 1.63. The highest BCUT2D eigenvalue weighted by Gasteiger charge is 2.17. The van der Waals surface area contributed by atoms with E-state index in [1.165, 1.54) is 12.1 Å². The first-order valence-electron chi connectivity index (χ1n) is 9.11. The Labute approximate surface area is 161 Å². The van der Waals surface area contributed by atoms with Gasteiger partial charge in [-0.2, -0.15) is 5.10 Å². The van der Waals surface area contributed by atoms with Gasteiger partial charge in [0.1, 0.15) is 17.4 Å². The summed E-state index contributed by atoms with van der Waals surface area (Å²) in [5.41, 5.74) is 4.92. The van der Waals surface area contributed by atoms with Crippen molar-refractivity contribution in [2.45, 2.75) is 19.9 Å². The van der Waals surface area contributed by atoms with Gasteiger partial charge in [-0.05, 0) is 38.1 Å². The number of halogens is 1. The van der Waals surface area contributed by atoms with E-state index in [1.54, 1.807) is 23.0 Å². The molecule has 146 valence electrons. The van der Waals surface area contributed by atoms with Crippen LogP contribution in [-0.2, 0) is 4.84 Å². The molecule has 1 aliphatic rings. The van der Waals surface area contributed by atoms with E-state index in [9.17, 15) is 4.39 Å². The topological polar surface area (TPSA) is 85.1 Å². The van der Waals surface area contributed by atoms with Gasteiger partial charge in [0.15, 0.2) is 11.5 Å². The summed E-state index contributed by atoms with van der Waals surface area (Å²) in [6.45, 7) is 5.44. The molecule has 0 amide bonds. The van der Waals surface area contributed by atoms with Gasteiger partial charge in [0, 0.05) is 11.8 Å². The number of hydrogen-bond donors (Lipinski definition) is 2. The number of rotatable bonds is 6. The number of amidine groups is 1. The zero-order valence-electron chi connectivity index (χ0n) is 15.6. The van der Waals surface area contributed by atoms with Crippen molar-refractivity contribution in [3.63, 3.8) is 0 Å². The van der Waals surface area contributed by atoms with E-state index >= 15 is 0 Å². The van der Waals surface area contributed by atoms with Crippen LogP contribution in [0.25, 0.3) is 5.65 Å². The first kappa shape index (κ1) is 18.2. The highest BCUT2D eigenvalue weighted by atomic mass is 19.1. The van der Waals surface area contributed by atoms with E-state index in [0.29, 0.717) is 42.8 Å². The van der Waals surface area contributed by atoms with Crippen molar-refractivity contribution in [3.8, 4) is 5.75 Å². The predicted molar refractivity (Wildman–Crippen MR) is 103 cm³/mol. The van der Waals surface area contributed by atoms with Gasteiger partial charge in [0.05, 0.1) is 37.6 Å². The molecule has 0 aliphatic carbocycles. The predicted octanol–water partition coefficient (Wildman–Crippen LogP) is 2.72. The number of nitrogens with zero attached hydrogens (tertiary/aromatic N) is 4. The van der Waals surface area contributed by atoms with Crippen LogP contribution in [0.5, 0.6) is 5.75 Å². The summed E-state index contributed by atoms with van der Waals surface area (Å²) >= 11 is 0. The van der Waals surface area contributed by atoms with Crippen molar-refractivity contribution in [1.29, 1.82) is 0 Å². The summed E-state index contributed by atoms with van der Waals surface area (Å²) in [6, 6.07) is 6.11. The molecule has 3 aromatic rings. The molecular weight excluding hydrogens is 363 g/mol. The van der Waals surface area contributed by atoms with Crippen LogP contribution in [0.3, 0.4) is 0 Å². The van der Waals surface area contributed by atoms with Gasteiger partial charge in [-0.15, -0.1) is 0 Å². The number of nitrogens with one attached hydrogen (secondary N) is 2. The van der Waals surface area contributed by atoms with Gasteiger partial charge >= 0.3 is 0 Å². The molecule has 8 nitrogen and oxygen atoms in total. The maximum Gasteiger partial charge on any atom is 0.168 e. The fourth-order valence-corrected chi connectivity index (χ4v) is 3.06. The minimum absolute atomic E-state index is 0.216. The summed E-state index contributed by atoms with van der Waals surface area (Å²) < 4.78 is 21.1. The second kappa shape index (κ2) is 7.81. The van der Waals surface area contributed by atoms with Crippen LogP contribution in [-0.4, -0.2) is 40.2 Å². The zero-order chi connectivity index (χ0) is 19.5. The lowest BCUT2D eigenvalue weighted by Gasteiger charge is -2.19. The highest BCUT2D eigenvalue weighted by molar-refractivity contribution is 6.03. The molecule has 0 spiro atoms. The number of hydrogen-bond acceptors (Lipinski definition) is 7. The Kier molecular flexibility index (Phi) is 5.07. The molecule has 2 aromatic heterocycles. The summed E-state index contributed by atoms with van der Waals surface area (Å²) in [5, 5.41) is 7.61. The van der Waals surface area contributed by atoms with E-state index in [-0.39, 0.29) is 11.9 Å². The first-order chi connectivity index (χ1) is 13.7. The summed E-state index contributed by atoms with van der Waals surface area (Å²) in [5.74, 6) is 1.57. The van der Waals surface area contributed by atoms with Crippen molar-refractivity contribution in [2.75, 3.05) is 25.1 Å². The second-order valence-electron chi connectivity index (χ2n) is 6.30. The molecule has 0 radical (unpaired) electrons. The standard InChI is InChI=1S/C19H21FN6O2/c1-3-27-16-5-4-13(20)10-14(16)12(2)23-17-6-8-26-19(24-17)15(11-22-26)18-21-7-9-28-25-18/h4-6,8,10-12H,3,7,9H2,1-2H3,(H,21,25)(H,23,24)/t12-/m1/s1. The first-order valence-corrected chi connectivity index (χ1v) is 9.11. The van der Waals surface area contributed by atoms with Gasteiger partial charge in [-0.25, -0.2) is 19.4 Å². The Morgan fingerprint density at radius 1 is 1.39 bits per heavy atom. The van der Waals surface area contributed by atoms with E-state index in [1.807, 2.05) is 19.9 Å². The molecule has 0 bridgehead atoms. The number of aliphatic imine (C=N–C) groups is 1. The van der Waals surface area contributed by atoms with Crippen LogP contribution in [0.1, 0.15) is 31.0 Å². The third kappa shape index (κ3) is 3.61. The van der Waals surface area contributed by atoms with Crippen LogP contribution in [0.2, 0.25) is 0 Å². The molecule has 4 rings (SSSR count). The van der Waals surface area contributed by atoms with Gasteiger partial charge in [-0.3, -0.25) is 9.83 Å². The number of ether oxygens (including phenoxy) is 1. The SMILES string of the molecule is CCOc1ccc(F)cc1[C@@H](C)Nc1ccn2ncc(C3=NCCON3)c2n1. The van der Waals surface area contributed by atoms with Gasteiger partial charge in [-0.1, -0.05) is 0 Å². The lowest BCUT2D eigenvalue weighted by molar-refractivity contribution is 0.0827. The fraction of sp³-hybridized carbons (Fsp3) is 0.316. The molecule has 9 heteroatoms. The minimum Gasteiger partial charge on any atom is -0.494 e. The fourth-order valence-electron chi connectivity index (χ4n) is 3.06. The van der Waals surface area contributed by atoms with Crippen LogP contribution < -0.4 is 15.5 Å². The number of hydroxylamine groups is 1. The molecule has 1 aliphatic heterocycles. The van der Waals surface area contributed by atoms with Crippen molar-refractivity contribution in [1.82, 2.24) is 20.1 Å². The average Bonchev–Trinajstić information content (AvgIpc) is 3.13. The molecule has 1 atom stereocenters. The molecule has 3 heterocycles. The normalized spacial score (nSPS) is 15.0. The number of fused-ring (bicyclic) bond motifs is 1. The van der Waals surface area contributed by atoms with Crippen LogP contribution >= 0.6 is 0 Å². The van der Waals surface area contributed by atoms with Crippen LogP contribution in [0.15, 0.2) is 41.7 Å². The maximum atomic E-state index is 13.8. The maximum absolute atomic E-state index is 13.8. The van der Waals surface area contributed by atoms with E-state index in [4.69, 9.17) is 9.57 Å². The number of benzene rings is 1. The van der Waals surface area contributed by atoms with Crippen LogP contribution in [0.4, 0.5) is 10.2 Å². The zero-order valence-corrected chi connectivity index (χ0v) is 15.6. The monoisotopic (exact) mass is 384 g/mol. The van der Waals surface area contributed by atoms with E-state index < -0.39 is 0 Å². The number of aromatic nitrogens is 3. The summed E-state index contributed by atoms with van der Waals surface area (Å²) in [4.78, 5) is 14.3. The lowest BCUT2D eigenvalue weighted by Crippen LogP contribution is -2.30. The quantitative estimate of drug-likeness (QED) is 0.680. The average molecular weight is 384 g/mol. The molecule has 1 aromatic carbocycles. The summed E-state index contributed by atoms with van der Waals surface area (Å²) in [7, 11) is 0. The second-order valence-corrected chi connectivity index (χ2v) is 6.30. The minimum atomic E-state index is -0.310. The van der Waals surface area contributed by atoms with Crippen molar-refractivity contribution < 1.29 is 14.0 Å². The Hall–Kier alpha value is -3.20. The number of anilines is 1. The Morgan fingerprint density at radius 2 is 2.29 bits per heavy atom.